The average molecular weight is 271 g/mol. The van der Waals surface area contributed by atoms with Crippen molar-refractivity contribution >= 4 is 11.8 Å². The smallest absolute Gasteiger partial charge is 0.0234 e. The second kappa shape index (κ2) is 6.78. The molecular formula is C17H21NS. The van der Waals surface area contributed by atoms with Crippen LogP contribution < -0.4 is 5.73 Å². The fourth-order valence-electron chi connectivity index (χ4n) is 2.12. The molecule has 0 amide bonds. The summed E-state index contributed by atoms with van der Waals surface area (Å²) in [5, 5.41) is 0. The summed E-state index contributed by atoms with van der Waals surface area (Å²) in [6.45, 7) is 5.07. The third kappa shape index (κ3) is 3.85. The second-order valence-corrected chi connectivity index (χ2v) is 5.87. The Labute approximate surface area is 120 Å². The zero-order chi connectivity index (χ0) is 13.7. The highest BCUT2D eigenvalue weighted by molar-refractivity contribution is 7.98. The van der Waals surface area contributed by atoms with Gasteiger partial charge in [-0.05, 0) is 55.1 Å². The van der Waals surface area contributed by atoms with E-state index in [0.717, 1.165) is 18.7 Å². The molecule has 0 radical (unpaired) electrons. The van der Waals surface area contributed by atoms with Crippen LogP contribution in [-0.4, -0.2) is 6.54 Å². The van der Waals surface area contributed by atoms with Crippen LogP contribution in [0.4, 0.5) is 0 Å². The van der Waals surface area contributed by atoms with Crippen molar-refractivity contribution in [3.63, 3.8) is 0 Å². The molecule has 0 aromatic heterocycles. The molecule has 0 unspecified atom stereocenters. The summed E-state index contributed by atoms with van der Waals surface area (Å²) in [5.74, 6) is 1.03. The topological polar surface area (TPSA) is 26.0 Å². The maximum absolute atomic E-state index is 5.59. The van der Waals surface area contributed by atoms with Crippen molar-refractivity contribution in [3.8, 4) is 0 Å². The van der Waals surface area contributed by atoms with Gasteiger partial charge in [0.05, 0.1) is 0 Å². The number of rotatable bonds is 5. The lowest BCUT2D eigenvalue weighted by atomic mass is 10.1. The third-order valence-corrected chi connectivity index (χ3v) is 4.54. The number of hydrogen-bond donors (Lipinski definition) is 1. The Morgan fingerprint density at radius 1 is 1.00 bits per heavy atom. The highest BCUT2D eigenvalue weighted by Crippen LogP contribution is 2.27. The lowest BCUT2D eigenvalue weighted by Gasteiger charge is -2.09. The van der Waals surface area contributed by atoms with E-state index in [9.17, 15) is 0 Å². The zero-order valence-electron chi connectivity index (χ0n) is 11.6. The Morgan fingerprint density at radius 2 is 1.79 bits per heavy atom. The van der Waals surface area contributed by atoms with Crippen molar-refractivity contribution < 1.29 is 0 Å². The standard InChI is InChI=1S/C17H21NS/c1-13-5-3-4-6-16(13)12-19-17-8-7-15(9-10-18)11-14(17)2/h3-8,11H,9-10,12,18H2,1-2H3. The molecular weight excluding hydrogens is 250 g/mol. The van der Waals surface area contributed by atoms with Crippen molar-refractivity contribution in [1.29, 1.82) is 0 Å². The van der Waals surface area contributed by atoms with Crippen molar-refractivity contribution in [3.05, 3.63) is 64.7 Å². The molecule has 0 spiro atoms. The normalized spacial score (nSPS) is 10.7. The number of thioether (sulfide) groups is 1. The molecule has 0 saturated carbocycles. The molecule has 0 aliphatic heterocycles. The van der Waals surface area contributed by atoms with E-state index in [-0.39, 0.29) is 0 Å². The summed E-state index contributed by atoms with van der Waals surface area (Å²) in [6.07, 6.45) is 0.962. The highest BCUT2D eigenvalue weighted by atomic mass is 32.2. The fourth-order valence-corrected chi connectivity index (χ4v) is 3.21. The molecule has 0 saturated heterocycles. The first-order valence-corrected chi connectivity index (χ1v) is 7.66. The predicted molar refractivity (Wildman–Crippen MR) is 84.7 cm³/mol. The molecule has 0 atom stereocenters. The van der Waals surface area contributed by atoms with Gasteiger partial charge in [-0.15, -0.1) is 11.8 Å². The fraction of sp³-hybridized carbons (Fsp3) is 0.294. The molecule has 2 aromatic carbocycles. The summed E-state index contributed by atoms with van der Waals surface area (Å²) in [5.41, 5.74) is 11.1. The number of hydrogen-bond acceptors (Lipinski definition) is 2. The van der Waals surface area contributed by atoms with Gasteiger partial charge in [-0.25, -0.2) is 0 Å². The Balaban J connectivity index is 2.06. The first kappa shape index (κ1) is 14.2. The van der Waals surface area contributed by atoms with Gasteiger partial charge in [0.25, 0.3) is 0 Å². The van der Waals surface area contributed by atoms with Crippen LogP contribution in [0.2, 0.25) is 0 Å². The summed E-state index contributed by atoms with van der Waals surface area (Å²) in [6, 6.07) is 15.3. The first-order chi connectivity index (χ1) is 9.20. The van der Waals surface area contributed by atoms with Crippen LogP contribution in [0.5, 0.6) is 0 Å². The van der Waals surface area contributed by atoms with Crippen LogP contribution in [0.25, 0.3) is 0 Å². The minimum absolute atomic E-state index is 0.717. The Kier molecular flexibility index (Phi) is 5.06. The minimum atomic E-state index is 0.717. The Bertz CT molecular complexity index is 549. The van der Waals surface area contributed by atoms with Gasteiger partial charge in [-0.3, -0.25) is 0 Å². The highest BCUT2D eigenvalue weighted by Gasteiger charge is 2.03. The minimum Gasteiger partial charge on any atom is -0.330 e. The molecule has 0 aliphatic carbocycles. The van der Waals surface area contributed by atoms with Gasteiger partial charge >= 0.3 is 0 Å². The van der Waals surface area contributed by atoms with Gasteiger partial charge < -0.3 is 5.73 Å². The van der Waals surface area contributed by atoms with E-state index >= 15 is 0 Å². The van der Waals surface area contributed by atoms with Crippen molar-refractivity contribution in [1.82, 2.24) is 0 Å². The van der Waals surface area contributed by atoms with E-state index in [1.165, 1.54) is 27.1 Å². The summed E-state index contributed by atoms with van der Waals surface area (Å²) in [7, 11) is 0. The van der Waals surface area contributed by atoms with Gasteiger partial charge in [-0.1, -0.05) is 36.4 Å². The SMILES string of the molecule is Cc1ccccc1CSc1ccc(CCN)cc1C. The number of aryl methyl sites for hydroxylation is 2. The van der Waals surface area contributed by atoms with Crippen LogP contribution >= 0.6 is 11.8 Å². The first-order valence-electron chi connectivity index (χ1n) is 6.67. The van der Waals surface area contributed by atoms with Crippen LogP contribution in [-0.2, 0) is 12.2 Å². The Morgan fingerprint density at radius 3 is 2.47 bits per heavy atom. The van der Waals surface area contributed by atoms with Gasteiger partial charge in [0.15, 0.2) is 0 Å². The van der Waals surface area contributed by atoms with Gasteiger partial charge in [-0.2, -0.15) is 0 Å². The average Bonchev–Trinajstić information content (AvgIpc) is 2.40. The molecule has 1 nitrogen and oxygen atoms in total. The van der Waals surface area contributed by atoms with Crippen LogP contribution in [0.15, 0.2) is 47.4 Å². The molecule has 0 bridgehead atoms. The maximum atomic E-state index is 5.59. The van der Waals surface area contributed by atoms with Crippen molar-refractivity contribution in [2.75, 3.05) is 6.54 Å². The van der Waals surface area contributed by atoms with E-state index in [2.05, 4.69) is 56.3 Å². The quantitative estimate of drug-likeness (QED) is 0.829. The lowest BCUT2D eigenvalue weighted by Crippen LogP contribution is -2.02. The number of nitrogens with two attached hydrogens (primary N) is 1. The molecule has 100 valence electrons. The predicted octanol–water partition coefficient (Wildman–Crippen LogP) is 4.10. The third-order valence-electron chi connectivity index (χ3n) is 3.32. The monoisotopic (exact) mass is 271 g/mol. The molecule has 2 N–H and O–H groups in total. The van der Waals surface area contributed by atoms with Crippen LogP contribution in [0.3, 0.4) is 0 Å². The zero-order valence-corrected chi connectivity index (χ0v) is 12.5. The number of benzene rings is 2. The van der Waals surface area contributed by atoms with Crippen LogP contribution in [0, 0.1) is 13.8 Å². The molecule has 19 heavy (non-hydrogen) atoms. The molecule has 0 fully saturated rings. The summed E-state index contributed by atoms with van der Waals surface area (Å²) >= 11 is 1.91. The molecule has 2 heteroatoms. The van der Waals surface area contributed by atoms with E-state index in [4.69, 9.17) is 5.73 Å². The van der Waals surface area contributed by atoms with Crippen molar-refractivity contribution in [2.45, 2.75) is 30.9 Å². The van der Waals surface area contributed by atoms with E-state index in [1.54, 1.807) is 0 Å². The largest absolute Gasteiger partial charge is 0.330 e. The molecule has 0 aliphatic rings. The van der Waals surface area contributed by atoms with Gasteiger partial charge in [0.1, 0.15) is 0 Å². The maximum Gasteiger partial charge on any atom is 0.0234 e. The molecule has 0 heterocycles. The summed E-state index contributed by atoms with van der Waals surface area (Å²) in [4.78, 5) is 1.36. The van der Waals surface area contributed by atoms with Gasteiger partial charge in [0.2, 0.25) is 0 Å². The summed E-state index contributed by atoms with van der Waals surface area (Å²) < 4.78 is 0. The van der Waals surface area contributed by atoms with Gasteiger partial charge in [0, 0.05) is 10.6 Å². The Hall–Kier alpha value is -1.25. The van der Waals surface area contributed by atoms with E-state index in [0.29, 0.717) is 0 Å². The molecule has 2 rings (SSSR count). The van der Waals surface area contributed by atoms with E-state index in [1.807, 2.05) is 11.8 Å². The molecule has 2 aromatic rings. The van der Waals surface area contributed by atoms with Crippen LogP contribution in [0.1, 0.15) is 22.3 Å². The lowest BCUT2D eigenvalue weighted by molar-refractivity contribution is 0.963. The van der Waals surface area contributed by atoms with E-state index < -0.39 is 0 Å². The van der Waals surface area contributed by atoms with Crippen molar-refractivity contribution in [2.24, 2.45) is 5.73 Å². The second-order valence-electron chi connectivity index (χ2n) is 4.85.